The molecule has 12 nitrogen and oxygen atoms in total. The Morgan fingerprint density at radius 2 is 1.80 bits per heavy atom. The zero-order chi connectivity index (χ0) is 25.3. The van der Waals surface area contributed by atoms with Gasteiger partial charge in [0.15, 0.2) is 5.69 Å². The van der Waals surface area contributed by atoms with Gasteiger partial charge in [0, 0.05) is 0 Å². The molecule has 0 saturated carbocycles. The Hall–Kier alpha value is -3.61. The van der Waals surface area contributed by atoms with Crippen LogP contribution in [-0.2, 0) is 37.0 Å². The highest BCUT2D eigenvalue weighted by atomic mass is 32.2. The fourth-order valence-corrected chi connectivity index (χ4v) is 5.91. The summed E-state index contributed by atoms with van der Waals surface area (Å²) in [6, 6.07) is 6.13. The summed E-state index contributed by atoms with van der Waals surface area (Å²) in [5, 5.41) is 7.51. The number of nitrogens with zero attached hydrogens (tertiary/aromatic N) is 4. The van der Waals surface area contributed by atoms with Crippen molar-refractivity contribution in [2.45, 2.75) is 42.7 Å². The van der Waals surface area contributed by atoms with Gasteiger partial charge in [-0.1, -0.05) is 17.3 Å². The number of amides is 1. The Morgan fingerprint density at radius 3 is 2.40 bits per heavy atom. The number of carbonyl (C=O) groups excluding carboxylic acids is 4. The van der Waals surface area contributed by atoms with Gasteiger partial charge < -0.3 is 23.8 Å². The van der Waals surface area contributed by atoms with Crippen molar-refractivity contribution in [1.82, 2.24) is 19.9 Å². The van der Waals surface area contributed by atoms with Crippen LogP contribution in [0.15, 0.2) is 24.3 Å². The number of thioether (sulfide) groups is 1. The molecular formula is C22H24N4O8S. The zero-order valence-electron chi connectivity index (χ0n) is 19.5. The third kappa shape index (κ3) is 4.43. The van der Waals surface area contributed by atoms with E-state index in [2.05, 4.69) is 15.0 Å². The molecule has 1 amide bonds. The van der Waals surface area contributed by atoms with Crippen molar-refractivity contribution in [3.05, 3.63) is 41.2 Å². The molecule has 0 radical (unpaired) electrons. The van der Waals surface area contributed by atoms with Crippen molar-refractivity contribution < 1.29 is 38.1 Å². The predicted octanol–water partition coefficient (Wildman–Crippen LogP) is 1.04. The SMILES string of the molecule is COC(=O)c1nnn(C[C@]2(C)S[C@H]3CC(=O)N3[C@@H]2C(=O)OCc2ccc(OC)cc2)c1C(=O)OC. The standard InChI is InChI=1S/C22H24N4O8S/c1-22(11-25-17(20(29)33-4)16(23-24-25)19(28)32-3)18(26-14(27)9-15(26)35-22)21(30)34-10-12-5-7-13(31-2)8-6-12/h5-8,15,18H,9-11H2,1-4H3/t15-,18+,22-/m0/s1. The van der Waals surface area contributed by atoms with Crippen LogP contribution >= 0.6 is 11.8 Å². The number of hydrogen-bond acceptors (Lipinski definition) is 11. The molecule has 0 spiro atoms. The van der Waals surface area contributed by atoms with Crippen molar-refractivity contribution >= 4 is 35.6 Å². The average Bonchev–Trinajstić information content (AvgIpc) is 3.37. The topological polar surface area (TPSA) is 139 Å². The monoisotopic (exact) mass is 504 g/mol. The van der Waals surface area contributed by atoms with Gasteiger partial charge in [-0.25, -0.2) is 19.1 Å². The molecule has 4 rings (SSSR count). The molecule has 186 valence electrons. The number of carbonyl (C=O) groups is 4. The van der Waals surface area contributed by atoms with E-state index in [4.69, 9.17) is 14.2 Å². The molecule has 3 atom stereocenters. The number of β-lactam (4-membered cyclic amide) rings is 1. The quantitative estimate of drug-likeness (QED) is 0.289. The van der Waals surface area contributed by atoms with Gasteiger partial charge in [0.1, 0.15) is 18.4 Å². The maximum absolute atomic E-state index is 13.3. The van der Waals surface area contributed by atoms with Crippen molar-refractivity contribution in [3.63, 3.8) is 0 Å². The summed E-state index contributed by atoms with van der Waals surface area (Å²) in [6.45, 7) is 1.77. The van der Waals surface area contributed by atoms with Gasteiger partial charge in [-0.3, -0.25) is 4.79 Å². The van der Waals surface area contributed by atoms with Crippen molar-refractivity contribution in [1.29, 1.82) is 0 Å². The smallest absolute Gasteiger partial charge is 0.361 e. The lowest BCUT2D eigenvalue weighted by atomic mass is 9.96. The first-order valence-corrected chi connectivity index (χ1v) is 11.5. The molecule has 1 aromatic heterocycles. The lowest BCUT2D eigenvalue weighted by molar-refractivity contribution is -0.162. The summed E-state index contributed by atoms with van der Waals surface area (Å²) in [5.41, 5.74) is 0.251. The highest BCUT2D eigenvalue weighted by Gasteiger charge is 2.61. The van der Waals surface area contributed by atoms with Crippen LogP contribution in [0, 0.1) is 0 Å². The second-order valence-electron chi connectivity index (χ2n) is 8.18. The minimum Gasteiger partial charge on any atom is -0.497 e. The van der Waals surface area contributed by atoms with E-state index in [0.29, 0.717) is 5.75 Å². The van der Waals surface area contributed by atoms with E-state index in [0.717, 1.165) is 19.8 Å². The number of esters is 3. The minimum atomic E-state index is -0.937. The van der Waals surface area contributed by atoms with Crippen molar-refractivity contribution in [2.75, 3.05) is 21.3 Å². The fraction of sp³-hybridized carbons (Fsp3) is 0.455. The third-order valence-corrected chi connectivity index (χ3v) is 7.49. The molecule has 0 unspecified atom stereocenters. The van der Waals surface area contributed by atoms with Gasteiger partial charge in [0.25, 0.3) is 0 Å². The molecule has 2 aliphatic heterocycles. The Balaban J connectivity index is 1.59. The van der Waals surface area contributed by atoms with Gasteiger partial charge in [-0.05, 0) is 24.6 Å². The molecule has 0 N–H and O–H groups in total. The average molecular weight is 505 g/mol. The van der Waals surface area contributed by atoms with Crippen LogP contribution in [0.2, 0.25) is 0 Å². The Bertz CT molecular complexity index is 1170. The highest BCUT2D eigenvalue weighted by molar-refractivity contribution is 8.01. The van der Waals surface area contributed by atoms with Crippen LogP contribution in [0.3, 0.4) is 0 Å². The Labute approximate surface area is 204 Å². The number of aromatic nitrogens is 3. The third-order valence-electron chi connectivity index (χ3n) is 5.93. The normalized spacial score (nSPS) is 22.7. The molecular weight excluding hydrogens is 480 g/mol. The van der Waals surface area contributed by atoms with Crippen LogP contribution in [0.5, 0.6) is 5.75 Å². The van der Waals surface area contributed by atoms with E-state index in [1.165, 1.54) is 21.3 Å². The summed E-state index contributed by atoms with van der Waals surface area (Å²) in [6.07, 6.45) is 0.289. The zero-order valence-corrected chi connectivity index (χ0v) is 20.4. The van der Waals surface area contributed by atoms with Crippen LogP contribution in [0.4, 0.5) is 0 Å². The van der Waals surface area contributed by atoms with Crippen LogP contribution in [0.1, 0.15) is 39.9 Å². The molecule has 35 heavy (non-hydrogen) atoms. The number of benzene rings is 1. The molecule has 0 aliphatic carbocycles. The molecule has 2 fully saturated rings. The van der Waals surface area contributed by atoms with Gasteiger partial charge in [0.05, 0.1) is 44.4 Å². The summed E-state index contributed by atoms with van der Waals surface area (Å²) in [5.74, 6) is -1.76. The van der Waals surface area contributed by atoms with E-state index in [1.54, 1.807) is 38.3 Å². The maximum Gasteiger partial charge on any atom is 0.361 e. The first-order chi connectivity index (χ1) is 16.7. The van der Waals surface area contributed by atoms with E-state index in [1.807, 2.05) is 0 Å². The fourth-order valence-electron chi connectivity index (χ4n) is 4.18. The number of fused-ring (bicyclic) bond motifs is 1. The highest BCUT2D eigenvalue weighted by Crippen LogP contribution is 2.52. The first kappa shape index (κ1) is 24.5. The second-order valence-corrected chi connectivity index (χ2v) is 9.89. The van der Waals surface area contributed by atoms with E-state index >= 15 is 0 Å². The number of methoxy groups -OCH3 is 3. The van der Waals surface area contributed by atoms with Gasteiger partial charge in [0.2, 0.25) is 11.6 Å². The molecule has 13 heteroatoms. The van der Waals surface area contributed by atoms with E-state index < -0.39 is 28.7 Å². The van der Waals surface area contributed by atoms with Crippen molar-refractivity contribution in [2.24, 2.45) is 0 Å². The summed E-state index contributed by atoms with van der Waals surface area (Å²) < 4.78 is 20.5. The lowest BCUT2D eigenvalue weighted by Crippen LogP contribution is -2.58. The molecule has 3 heterocycles. The minimum absolute atomic E-state index is 0.00992. The molecule has 0 bridgehead atoms. The first-order valence-electron chi connectivity index (χ1n) is 10.6. The maximum atomic E-state index is 13.3. The molecule has 2 aliphatic rings. The largest absolute Gasteiger partial charge is 0.497 e. The van der Waals surface area contributed by atoms with Gasteiger partial charge in [-0.2, -0.15) is 0 Å². The summed E-state index contributed by atoms with van der Waals surface area (Å²) in [7, 11) is 3.88. The Morgan fingerprint density at radius 1 is 1.11 bits per heavy atom. The van der Waals surface area contributed by atoms with Crippen LogP contribution in [-0.4, -0.2) is 81.2 Å². The number of hydrogen-bond donors (Lipinski definition) is 0. The number of ether oxygens (including phenoxy) is 4. The summed E-state index contributed by atoms with van der Waals surface area (Å²) in [4.78, 5) is 51.7. The summed E-state index contributed by atoms with van der Waals surface area (Å²) >= 11 is 1.41. The number of rotatable bonds is 8. The van der Waals surface area contributed by atoms with Crippen molar-refractivity contribution in [3.8, 4) is 5.75 Å². The predicted molar refractivity (Wildman–Crippen MR) is 121 cm³/mol. The van der Waals surface area contributed by atoms with E-state index in [-0.39, 0.29) is 42.2 Å². The van der Waals surface area contributed by atoms with Gasteiger partial charge in [-0.15, -0.1) is 16.9 Å². The second kappa shape index (κ2) is 9.56. The molecule has 1 aromatic carbocycles. The Kier molecular flexibility index (Phi) is 6.70. The van der Waals surface area contributed by atoms with Gasteiger partial charge >= 0.3 is 17.9 Å². The van der Waals surface area contributed by atoms with E-state index in [9.17, 15) is 19.2 Å². The molecule has 2 saturated heterocycles. The van der Waals surface area contributed by atoms with Crippen LogP contribution in [0.25, 0.3) is 0 Å². The molecule has 2 aromatic rings. The van der Waals surface area contributed by atoms with Crippen LogP contribution < -0.4 is 4.74 Å². The lowest BCUT2D eigenvalue weighted by Gasteiger charge is -2.37.